The van der Waals surface area contributed by atoms with Crippen LogP contribution in [0.25, 0.3) is 16.7 Å². The first kappa shape index (κ1) is 16.0. The van der Waals surface area contributed by atoms with Crippen molar-refractivity contribution in [1.29, 1.82) is 0 Å². The van der Waals surface area contributed by atoms with Crippen molar-refractivity contribution >= 4 is 28.2 Å². The molecule has 1 N–H and O–H groups in total. The fourth-order valence-corrected chi connectivity index (χ4v) is 2.74. The molecule has 4 aromatic rings. The molecule has 130 valence electrons. The summed E-state index contributed by atoms with van der Waals surface area (Å²) in [6.07, 6.45) is 3.08. The van der Waals surface area contributed by atoms with Gasteiger partial charge in [-0.3, -0.25) is 0 Å². The molecule has 6 nitrogen and oxygen atoms in total. The van der Waals surface area contributed by atoms with E-state index in [-0.39, 0.29) is 5.82 Å². The third kappa shape index (κ3) is 2.83. The van der Waals surface area contributed by atoms with E-state index < -0.39 is 0 Å². The lowest BCUT2D eigenvalue weighted by molar-refractivity contribution is 0.612. The number of hydrogen-bond acceptors (Lipinski definition) is 5. The maximum Gasteiger partial charge on any atom is 0.168 e. The topological polar surface area (TPSA) is 58.9 Å². The minimum absolute atomic E-state index is 0.349. The third-order valence-corrected chi connectivity index (χ3v) is 4.07. The Labute approximate surface area is 149 Å². The number of benzene rings is 2. The van der Waals surface area contributed by atoms with E-state index in [1.54, 1.807) is 24.4 Å². The van der Waals surface area contributed by atoms with Crippen LogP contribution in [0, 0.1) is 5.82 Å². The smallest absolute Gasteiger partial charge is 0.168 e. The van der Waals surface area contributed by atoms with Crippen LogP contribution in [-0.4, -0.2) is 33.8 Å². The Morgan fingerprint density at radius 1 is 1.04 bits per heavy atom. The fourth-order valence-electron chi connectivity index (χ4n) is 2.74. The largest absolute Gasteiger partial charge is 0.378 e. The summed E-state index contributed by atoms with van der Waals surface area (Å²) in [7, 11) is 3.97. The highest BCUT2D eigenvalue weighted by molar-refractivity contribution is 5.89. The lowest BCUT2D eigenvalue weighted by Crippen LogP contribution is -2.08. The number of anilines is 3. The van der Waals surface area contributed by atoms with Crippen molar-refractivity contribution in [3.05, 3.63) is 66.9 Å². The standard InChI is InChI=1S/C19H17FN6/c1-25(2)14-7-5-6-13(10-14)24-18-15-11-23-26(19(15)22-12-21-18)17-9-4-3-8-16(17)20/h3-12H,1-2H3,(H,21,22,24). The summed E-state index contributed by atoms with van der Waals surface area (Å²) in [6.45, 7) is 0. The fraction of sp³-hybridized carbons (Fsp3) is 0.105. The molecule has 7 heteroatoms. The van der Waals surface area contributed by atoms with Gasteiger partial charge >= 0.3 is 0 Å². The summed E-state index contributed by atoms with van der Waals surface area (Å²) in [5.74, 6) is 0.262. The molecule has 0 unspecified atom stereocenters. The monoisotopic (exact) mass is 348 g/mol. The molecular weight excluding hydrogens is 331 g/mol. The Kier molecular flexibility index (Phi) is 3.96. The van der Waals surface area contributed by atoms with E-state index in [1.807, 2.05) is 43.3 Å². The third-order valence-electron chi connectivity index (χ3n) is 4.07. The quantitative estimate of drug-likeness (QED) is 0.608. The minimum Gasteiger partial charge on any atom is -0.378 e. The lowest BCUT2D eigenvalue weighted by atomic mass is 10.2. The van der Waals surface area contributed by atoms with Crippen molar-refractivity contribution in [2.24, 2.45) is 0 Å². The molecule has 0 saturated heterocycles. The Bertz CT molecular complexity index is 1070. The van der Waals surface area contributed by atoms with Crippen molar-refractivity contribution < 1.29 is 4.39 Å². The zero-order valence-corrected chi connectivity index (χ0v) is 14.4. The molecule has 2 heterocycles. The second-order valence-corrected chi connectivity index (χ2v) is 6.04. The predicted octanol–water partition coefficient (Wildman–Crippen LogP) is 3.76. The molecule has 0 fully saturated rings. The number of hydrogen-bond donors (Lipinski definition) is 1. The first-order valence-corrected chi connectivity index (χ1v) is 8.11. The van der Waals surface area contributed by atoms with Crippen LogP contribution < -0.4 is 10.2 Å². The van der Waals surface area contributed by atoms with Crippen molar-refractivity contribution in [2.45, 2.75) is 0 Å². The van der Waals surface area contributed by atoms with E-state index in [0.29, 0.717) is 22.5 Å². The molecule has 0 saturated carbocycles. The molecule has 0 radical (unpaired) electrons. The molecule has 2 aromatic carbocycles. The van der Waals surface area contributed by atoms with Crippen LogP contribution in [0.3, 0.4) is 0 Å². The second-order valence-electron chi connectivity index (χ2n) is 6.04. The summed E-state index contributed by atoms with van der Waals surface area (Å²) in [5, 5.41) is 8.31. The van der Waals surface area contributed by atoms with Gasteiger partial charge < -0.3 is 10.2 Å². The maximum absolute atomic E-state index is 14.1. The highest BCUT2D eigenvalue weighted by Crippen LogP contribution is 2.26. The number of nitrogens with one attached hydrogen (secondary N) is 1. The van der Waals surface area contributed by atoms with Gasteiger partial charge in [0.25, 0.3) is 0 Å². The number of nitrogens with zero attached hydrogens (tertiary/aromatic N) is 5. The van der Waals surface area contributed by atoms with Crippen LogP contribution in [0.5, 0.6) is 0 Å². The zero-order valence-electron chi connectivity index (χ0n) is 14.4. The molecule has 4 rings (SSSR count). The lowest BCUT2D eigenvalue weighted by Gasteiger charge is -2.14. The van der Waals surface area contributed by atoms with Crippen molar-refractivity contribution in [2.75, 3.05) is 24.3 Å². The van der Waals surface area contributed by atoms with Gasteiger partial charge in [0.1, 0.15) is 23.6 Å². The molecule has 26 heavy (non-hydrogen) atoms. The summed E-state index contributed by atoms with van der Waals surface area (Å²) in [5.41, 5.74) is 2.86. The van der Waals surface area contributed by atoms with Gasteiger partial charge in [-0.1, -0.05) is 18.2 Å². The molecule has 0 aliphatic heterocycles. The highest BCUT2D eigenvalue weighted by atomic mass is 19.1. The normalized spacial score (nSPS) is 10.9. The van der Waals surface area contributed by atoms with E-state index in [0.717, 1.165) is 11.4 Å². The average molecular weight is 348 g/mol. The minimum atomic E-state index is -0.357. The Balaban J connectivity index is 1.76. The van der Waals surface area contributed by atoms with Gasteiger partial charge in [0.05, 0.1) is 11.6 Å². The Morgan fingerprint density at radius 3 is 2.69 bits per heavy atom. The van der Waals surface area contributed by atoms with Gasteiger partial charge in [-0.25, -0.2) is 19.0 Å². The van der Waals surface area contributed by atoms with Gasteiger partial charge in [-0.2, -0.15) is 5.10 Å². The Hall–Kier alpha value is -3.48. The van der Waals surface area contributed by atoms with Gasteiger partial charge in [0, 0.05) is 25.5 Å². The van der Waals surface area contributed by atoms with Crippen LogP contribution in [0.15, 0.2) is 61.1 Å². The summed E-state index contributed by atoms with van der Waals surface area (Å²) in [6, 6.07) is 14.4. The van der Waals surface area contributed by atoms with Gasteiger partial charge in [0.15, 0.2) is 5.65 Å². The molecule has 0 amide bonds. The number of fused-ring (bicyclic) bond motifs is 1. The summed E-state index contributed by atoms with van der Waals surface area (Å²) >= 11 is 0. The zero-order chi connectivity index (χ0) is 18.1. The summed E-state index contributed by atoms with van der Waals surface area (Å²) < 4.78 is 15.6. The first-order valence-electron chi connectivity index (χ1n) is 8.11. The van der Waals surface area contributed by atoms with Gasteiger partial charge in [-0.05, 0) is 30.3 Å². The second kappa shape index (κ2) is 6.44. The van der Waals surface area contributed by atoms with E-state index in [4.69, 9.17) is 0 Å². The molecule has 0 spiro atoms. The molecule has 0 aliphatic rings. The van der Waals surface area contributed by atoms with Gasteiger partial charge in [0.2, 0.25) is 0 Å². The number of halogens is 1. The van der Waals surface area contributed by atoms with Crippen LogP contribution >= 0.6 is 0 Å². The number of para-hydroxylation sites is 1. The predicted molar refractivity (Wildman–Crippen MR) is 101 cm³/mol. The molecular formula is C19H17FN6. The molecule has 2 aromatic heterocycles. The molecule has 0 atom stereocenters. The van der Waals surface area contributed by atoms with E-state index in [2.05, 4.69) is 20.4 Å². The molecule has 0 bridgehead atoms. The van der Waals surface area contributed by atoms with Crippen LogP contribution in [0.2, 0.25) is 0 Å². The van der Waals surface area contributed by atoms with E-state index in [1.165, 1.54) is 17.1 Å². The molecule has 0 aliphatic carbocycles. The maximum atomic E-state index is 14.1. The van der Waals surface area contributed by atoms with Crippen molar-refractivity contribution in [3.63, 3.8) is 0 Å². The van der Waals surface area contributed by atoms with Gasteiger partial charge in [-0.15, -0.1) is 0 Å². The summed E-state index contributed by atoms with van der Waals surface area (Å²) in [4.78, 5) is 10.6. The van der Waals surface area contributed by atoms with Crippen molar-refractivity contribution in [1.82, 2.24) is 19.7 Å². The highest BCUT2D eigenvalue weighted by Gasteiger charge is 2.13. The van der Waals surface area contributed by atoms with Crippen LogP contribution in [-0.2, 0) is 0 Å². The SMILES string of the molecule is CN(C)c1cccc(Nc2ncnc3c2cnn3-c2ccccc2F)c1. The van der Waals surface area contributed by atoms with E-state index >= 15 is 0 Å². The van der Waals surface area contributed by atoms with Crippen molar-refractivity contribution in [3.8, 4) is 5.69 Å². The van der Waals surface area contributed by atoms with Crippen LogP contribution in [0.4, 0.5) is 21.6 Å². The number of rotatable bonds is 4. The number of aromatic nitrogens is 4. The van der Waals surface area contributed by atoms with Crippen LogP contribution in [0.1, 0.15) is 0 Å². The first-order chi connectivity index (χ1) is 12.6. The Morgan fingerprint density at radius 2 is 1.88 bits per heavy atom. The average Bonchev–Trinajstić information content (AvgIpc) is 3.07. The van der Waals surface area contributed by atoms with E-state index in [9.17, 15) is 4.39 Å².